The van der Waals surface area contributed by atoms with Crippen molar-refractivity contribution in [2.45, 2.75) is 26.1 Å². The number of amides is 1. The number of nitro groups is 2. The standard InChI is InChI=1S/C20H16F3N5O6/c1-11-18(28(32)33)10-24-26(11)12(2)19(29)25-14-7-15(27(30)31)9-17(8-14)34-16-5-3-4-13(6-16)20(21,22)23/h3-10,12H,1-2H3,(H,25,29). The third kappa shape index (κ3) is 5.28. The molecule has 0 bridgehead atoms. The Balaban J connectivity index is 1.87. The number of carbonyl (C=O) groups is 1. The number of benzene rings is 2. The maximum absolute atomic E-state index is 12.9. The molecule has 0 spiro atoms. The Labute approximate surface area is 189 Å². The summed E-state index contributed by atoms with van der Waals surface area (Å²) in [4.78, 5) is 33.6. The Morgan fingerprint density at radius 1 is 1.12 bits per heavy atom. The monoisotopic (exact) mass is 479 g/mol. The van der Waals surface area contributed by atoms with Crippen LogP contribution in [0.1, 0.15) is 24.2 Å². The molecule has 0 aliphatic carbocycles. The predicted molar refractivity (Wildman–Crippen MR) is 112 cm³/mol. The van der Waals surface area contributed by atoms with Gasteiger partial charge in [-0.15, -0.1) is 0 Å². The minimum atomic E-state index is -4.61. The fourth-order valence-corrected chi connectivity index (χ4v) is 3.03. The molecule has 0 aliphatic rings. The molecule has 1 aromatic heterocycles. The number of nitrogens with one attached hydrogen (secondary N) is 1. The van der Waals surface area contributed by atoms with Gasteiger partial charge in [-0.1, -0.05) is 6.07 Å². The molecule has 14 heteroatoms. The van der Waals surface area contributed by atoms with Gasteiger partial charge in [-0.25, -0.2) is 0 Å². The number of non-ortho nitro benzene ring substituents is 1. The number of nitro benzene ring substituents is 1. The van der Waals surface area contributed by atoms with Gasteiger partial charge in [0.15, 0.2) is 0 Å². The molecular weight excluding hydrogens is 463 g/mol. The average Bonchev–Trinajstić information content (AvgIpc) is 3.14. The minimum Gasteiger partial charge on any atom is -0.457 e. The van der Waals surface area contributed by atoms with Gasteiger partial charge in [0.25, 0.3) is 5.69 Å². The van der Waals surface area contributed by atoms with Crippen molar-refractivity contribution < 1.29 is 32.5 Å². The van der Waals surface area contributed by atoms with E-state index in [2.05, 4.69) is 10.4 Å². The Morgan fingerprint density at radius 3 is 2.41 bits per heavy atom. The number of hydrogen-bond donors (Lipinski definition) is 1. The maximum atomic E-state index is 12.9. The van der Waals surface area contributed by atoms with E-state index in [-0.39, 0.29) is 28.6 Å². The first-order chi connectivity index (χ1) is 15.9. The highest BCUT2D eigenvalue weighted by atomic mass is 19.4. The first-order valence-electron chi connectivity index (χ1n) is 9.50. The molecule has 1 N–H and O–H groups in total. The third-order valence-corrected chi connectivity index (χ3v) is 4.73. The molecule has 0 aliphatic heterocycles. The summed E-state index contributed by atoms with van der Waals surface area (Å²) in [7, 11) is 0. The van der Waals surface area contributed by atoms with Crippen molar-refractivity contribution in [3.63, 3.8) is 0 Å². The zero-order valence-corrected chi connectivity index (χ0v) is 17.6. The van der Waals surface area contributed by atoms with E-state index in [9.17, 15) is 38.2 Å². The zero-order valence-electron chi connectivity index (χ0n) is 17.6. The van der Waals surface area contributed by atoms with Crippen LogP contribution < -0.4 is 10.1 Å². The number of carbonyl (C=O) groups excluding carboxylic acids is 1. The van der Waals surface area contributed by atoms with Gasteiger partial charge < -0.3 is 10.1 Å². The Kier molecular flexibility index (Phi) is 6.51. The van der Waals surface area contributed by atoms with E-state index < -0.39 is 39.2 Å². The second kappa shape index (κ2) is 9.17. The molecule has 3 aromatic rings. The van der Waals surface area contributed by atoms with Crippen LogP contribution in [-0.2, 0) is 11.0 Å². The molecule has 0 saturated carbocycles. The largest absolute Gasteiger partial charge is 0.457 e. The third-order valence-electron chi connectivity index (χ3n) is 4.73. The molecule has 0 saturated heterocycles. The summed E-state index contributed by atoms with van der Waals surface area (Å²) in [5.41, 5.74) is -1.70. The maximum Gasteiger partial charge on any atom is 0.416 e. The normalized spacial score (nSPS) is 12.1. The highest BCUT2D eigenvalue weighted by molar-refractivity contribution is 5.94. The van der Waals surface area contributed by atoms with E-state index in [1.807, 2.05) is 0 Å². The Bertz CT molecular complexity index is 1270. The van der Waals surface area contributed by atoms with Gasteiger partial charge >= 0.3 is 11.9 Å². The number of alkyl halides is 3. The van der Waals surface area contributed by atoms with Gasteiger partial charge in [-0.05, 0) is 32.0 Å². The highest BCUT2D eigenvalue weighted by Crippen LogP contribution is 2.34. The van der Waals surface area contributed by atoms with Crippen LogP contribution in [0.5, 0.6) is 11.5 Å². The molecule has 34 heavy (non-hydrogen) atoms. The second-order valence-corrected chi connectivity index (χ2v) is 7.08. The van der Waals surface area contributed by atoms with Gasteiger partial charge in [0, 0.05) is 12.1 Å². The molecule has 1 atom stereocenters. The van der Waals surface area contributed by atoms with Crippen LogP contribution >= 0.6 is 0 Å². The number of halogens is 3. The minimum absolute atomic E-state index is 0.0765. The number of aromatic nitrogens is 2. The lowest BCUT2D eigenvalue weighted by molar-refractivity contribution is -0.385. The van der Waals surface area contributed by atoms with Crippen LogP contribution in [0.15, 0.2) is 48.7 Å². The molecule has 3 rings (SSSR count). The molecule has 11 nitrogen and oxygen atoms in total. The number of hydrogen-bond acceptors (Lipinski definition) is 7. The molecule has 178 valence electrons. The van der Waals surface area contributed by atoms with Crippen molar-refractivity contribution in [1.29, 1.82) is 0 Å². The average molecular weight is 479 g/mol. The topological polar surface area (TPSA) is 142 Å². The van der Waals surface area contributed by atoms with Crippen LogP contribution in [0.25, 0.3) is 0 Å². The molecule has 0 radical (unpaired) electrons. The molecule has 1 amide bonds. The Hall–Kier alpha value is -4.49. The van der Waals surface area contributed by atoms with Gasteiger partial charge in [0.1, 0.15) is 29.4 Å². The fraction of sp³-hybridized carbons (Fsp3) is 0.200. The van der Waals surface area contributed by atoms with Gasteiger partial charge in [-0.2, -0.15) is 18.3 Å². The quantitative estimate of drug-likeness (QED) is 0.370. The Morgan fingerprint density at radius 2 is 1.82 bits per heavy atom. The first-order valence-corrected chi connectivity index (χ1v) is 9.50. The molecule has 2 aromatic carbocycles. The van der Waals surface area contributed by atoms with E-state index in [0.29, 0.717) is 0 Å². The van der Waals surface area contributed by atoms with E-state index >= 15 is 0 Å². The van der Waals surface area contributed by atoms with Crippen LogP contribution in [0.2, 0.25) is 0 Å². The van der Waals surface area contributed by atoms with Crippen LogP contribution in [0.4, 0.5) is 30.2 Å². The van der Waals surface area contributed by atoms with E-state index in [4.69, 9.17) is 4.74 Å². The SMILES string of the molecule is Cc1c([N+](=O)[O-])cnn1C(C)C(=O)Nc1cc(Oc2cccc(C(F)(F)F)c2)cc([N+](=O)[O-])c1. The second-order valence-electron chi connectivity index (χ2n) is 7.08. The number of ether oxygens (including phenoxy) is 1. The van der Waals surface area contributed by atoms with E-state index in [0.717, 1.165) is 41.2 Å². The molecule has 1 unspecified atom stereocenters. The fourth-order valence-electron chi connectivity index (χ4n) is 3.03. The van der Waals surface area contributed by atoms with Crippen LogP contribution in [0.3, 0.4) is 0 Å². The number of anilines is 1. The first kappa shape index (κ1) is 24.2. The van der Waals surface area contributed by atoms with Crippen LogP contribution in [-0.4, -0.2) is 25.5 Å². The highest BCUT2D eigenvalue weighted by Gasteiger charge is 2.30. The lowest BCUT2D eigenvalue weighted by Gasteiger charge is -2.15. The summed E-state index contributed by atoms with van der Waals surface area (Å²) in [5.74, 6) is -1.12. The summed E-state index contributed by atoms with van der Waals surface area (Å²) >= 11 is 0. The van der Waals surface area contributed by atoms with Crippen molar-refractivity contribution in [3.8, 4) is 11.5 Å². The molecule has 1 heterocycles. The van der Waals surface area contributed by atoms with E-state index in [1.165, 1.54) is 26.0 Å². The summed E-state index contributed by atoms with van der Waals surface area (Å²) < 4.78 is 45.3. The van der Waals surface area contributed by atoms with Gasteiger partial charge in [0.2, 0.25) is 5.91 Å². The van der Waals surface area contributed by atoms with Crippen molar-refractivity contribution in [2.24, 2.45) is 0 Å². The van der Waals surface area contributed by atoms with Crippen molar-refractivity contribution in [3.05, 3.63) is 80.1 Å². The smallest absolute Gasteiger partial charge is 0.416 e. The van der Waals surface area contributed by atoms with Crippen molar-refractivity contribution >= 4 is 23.0 Å². The summed E-state index contributed by atoms with van der Waals surface area (Å²) in [5, 5.41) is 28.6. The van der Waals surface area contributed by atoms with Gasteiger partial charge in [-0.3, -0.25) is 29.7 Å². The predicted octanol–water partition coefficient (Wildman–Crippen LogP) is 5.02. The lowest BCUT2D eigenvalue weighted by Crippen LogP contribution is -2.25. The summed E-state index contributed by atoms with van der Waals surface area (Å²) in [6.45, 7) is 2.82. The van der Waals surface area contributed by atoms with E-state index in [1.54, 1.807) is 0 Å². The number of rotatable bonds is 7. The van der Waals surface area contributed by atoms with Crippen molar-refractivity contribution in [1.82, 2.24) is 9.78 Å². The lowest BCUT2D eigenvalue weighted by atomic mass is 10.2. The van der Waals surface area contributed by atoms with Crippen molar-refractivity contribution in [2.75, 3.05) is 5.32 Å². The molecule has 0 fully saturated rings. The molecular formula is C20H16F3N5O6. The summed E-state index contributed by atoms with van der Waals surface area (Å²) in [6, 6.07) is 6.11. The van der Waals surface area contributed by atoms with Gasteiger partial charge in [0.05, 0.1) is 27.2 Å². The number of nitrogens with zero attached hydrogens (tertiary/aromatic N) is 4. The summed E-state index contributed by atoms with van der Waals surface area (Å²) in [6.07, 6.45) is -3.62. The van der Waals surface area contributed by atoms with Crippen LogP contribution in [0, 0.1) is 27.2 Å². The zero-order chi connectivity index (χ0) is 25.2.